The molecule has 0 aromatic heterocycles. The monoisotopic (exact) mass is 622 g/mol. The fourth-order valence-corrected chi connectivity index (χ4v) is 13.5. The Bertz CT molecular complexity index is 1140. The summed E-state index contributed by atoms with van der Waals surface area (Å²) in [6, 6.07) is 0. The van der Waals surface area contributed by atoms with Gasteiger partial charge in [0.05, 0.1) is 36.1 Å². The molecule has 0 unspecified atom stereocenters. The summed E-state index contributed by atoms with van der Waals surface area (Å²) in [6.07, 6.45) is 3.69. The second kappa shape index (κ2) is 9.85. The van der Waals surface area contributed by atoms with E-state index >= 15 is 0 Å². The van der Waals surface area contributed by atoms with E-state index in [9.17, 15) is 30.6 Å². The lowest BCUT2D eigenvalue weighted by atomic mass is 9.41. The SMILES string of the molecule is CC(C)(O)[C@@H]1CC[C@](C)([C@H]2[C@@H](O)C[C@@]3(C)[C@@H]4CC[C@H]5C(C)(C)[C@@H](O[C@@H]6OC[C@@H](O)[C@H](O)[C@H]6O)CC[C@@]56C[C@@]46CC[C@]23CO)O1. The predicted octanol–water partition coefficient (Wildman–Crippen LogP) is 2.90. The number of hydrogen-bond donors (Lipinski definition) is 6. The molecule has 0 aromatic rings. The predicted molar refractivity (Wildman–Crippen MR) is 161 cm³/mol. The van der Waals surface area contributed by atoms with E-state index < -0.39 is 47.3 Å². The minimum Gasteiger partial charge on any atom is -0.396 e. The third-order valence-electron chi connectivity index (χ3n) is 15.5. The molecule has 6 N–H and O–H groups in total. The van der Waals surface area contributed by atoms with Crippen molar-refractivity contribution in [3.63, 3.8) is 0 Å². The van der Waals surface area contributed by atoms with E-state index in [-0.39, 0.29) is 53.0 Å². The molecule has 2 aliphatic heterocycles. The quantitative estimate of drug-likeness (QED) is 0.255. The summed E-state index contributed by atoms with van der Waals surface area (Å²) in [5.41, 5.74) is -1.98. The first-order valence-corrected chi connectivity index (χ1v) is 17.4. The topological polar surface area (TPSA) is 149 Å². The first-order valence-electron chi connectivity index (χ1n) is 17.4. The van der Waals surface area contributed by atoms with Crippen LogP contribution < -0.4 is 0 Å². The fourth-order valence-electron chi connectivity index (χ4n) is 13.5. The lowest BCUT2D eigenvalue weighted by Gasteiger charge is -2.64. The van der Waals surface area contributed by atoms with Crippen molar-refractivity contribution in [1.82, 2.24) is 0 Å². The van der Waals surface area contributed by atoms with Crippen molar-refractivity contribution in [1.29, 1.82) is 0 Å². The zero-order valence-electron chi connectivity index (χ0n) is 27.7. The van der Waals surface area contributed by atoms with Crippen LogP contribution in [0, 0.1) is 44.8 Å². The van der Waals surface area contributed by atoms with Crippen molar-refractivity contribution < 1.29 is 44.8 Å². The van der Waals surface area contributed by atoms with Crippen LogP contribution in [0.15, 0.2) is 0 Å². The number of rotatable bonds is 5. The van der Waals surface area contributed by atoms with E-state index in [1.165, 1.54) is 6.42 Å². The molecule has 0 bridgehead atoms. The number of aliphatic hydroxyl groups is 6. The molecule has 15 atom stereocenters. The second-order valence-electron chi connectivity index (χ2n) is 18.0. The molecule has 5 aliphatic carbocycles. The molecule has 2 heterocycles. The average Bonchev–Trinajstić information content (AvgIpc) is 3.30. The maximum absolute atomic E-state index is 11.9. The van der Waals surface area contributed by atoms with Gasteiger partial charge in [-0.2, -0.15) is 0 Å². The van der Waals surface area contributed by atoms with Crippen molar-refractivity contribution >= 4 is 0 Å². The molecule has 9 heteroatoms. The van der Waals surface area contributed by atoms with Crippen molar-refractivity contribution in [2.75, 3.05) is 13.2 Å². The van der Waals surface area contributed by atoms with Crippen LogP contribution in [0.2, 0.25) is 0 Å². The number of fused-ring (bicyclic) bond motifs is 2. The maximum Gasteiger partial charge on any atom is 0.186 e. The highest BCUT2D eigenvalue weighted by molar-refractivity contribution is 5.32. The Kier molecular flexibility index (Phi) is 7.21. The molecule has 2 saturated heterocycles. The summed E-state index contributed by atoms with van der Waals surface area (Å²) in [7, 11) is 0. The molecule has 2 spiro atoms. The van der Waals surface area contributed by atoms with Gasteiger partial charge in [-0.15, -0.1) is 0 Å². The minimum atomic E-state index is -1.29. The summed E-state index contributed by atoms with van der Waals surface area (Å²) in [6.45, 7) is 12.7. The van der Waals surface area contributed by atoms with Gasteiger partial charge in [-0.1, -0.05) is 20.8 Å². The molecule has 252 valence electrons. The van der Waals surface area contributed by atoms with Crippen molar-refractivity contribution in [2.45, 2.75) is 160 Å². The number of ether oxygens (including phenoxy) is 3. The van der Waals surface area contributed by atoms with E-state index in [2.05, 4.69) is 27.7 Å². The first-order chi connectivity index (χ1) is 20.4. The van der Waals surface area contributed by atoms with Gasteiger partial charge in [0.25, 0.3) is 0 Å². The third kappa shape index (κ3) is 3.97. The normalized spacial score (nSPS) is 58.1. The van der Waals surface area contributed by atoms with Gasteiger partial charge in [0.15, 0.2) is 6.29 Å². The molecule has 7 fully saturated rings. The molecule has 7 rings (SSSR count). The Morgan fingerprint density at radius 1 is 0.818 bits per heavy atom. The van der Waals surface area contributed by atoms with Gasteiger partial charge in [0.2, 0.25) is 0 Å². The third-order valence-corrected chi connectivity index (χ3v) is 15.5. The lowest BCUT2D eigenvalue weighted by molar-refractivity contribution is -0.303. The van der Waals surface area contributed by atoms with Gasteiger partial charge >= 0.3 is 0 Å². The first kappa shape index (κ1) is 32.2. The van der Waals surface area contributed by atoms with Gasteiger partial charge in [0, 0.05) is 17.9 Å². The summed E-state index contributed by atoms with van der Waals surface area (Å²) >= 11 is 0. The molecule has 9 nitrogen and oxygen atoms in total. The standard InChI is InChI=1S/C35H58O9/c1-29(2)21-7-8-22-31(5)15-19(37)27(32(6)11-9-24(44-32)30(3,4)41)35(31,18-36)14-13-34(22)17-33(21,34)12-10-23(29)43-28-26(40)25(39)20(38)16-42-28/h19-28,36-41H,7-18H2,1-6H3/t19-,20+,21-,22-,23-,24-,25-,26+,27+,28-,31-,32+,33+,34-,35-/m0/s1. The molecular formula is C35H58O9. The van der Waals surface area contributed by atoms with Crippen molar-refractivity contribution in [3.8, 4) is 0 Å². The highest BCUT2D eigenvalue weighted by Gasteiger charge is 2.84. The molecule has 7 aliphatic rings. The van der Waals surface area contributed by atoms with E-state index in [0.29, 0.717) is 18.3 Å². The maximum atomic E-state index is 11.9. The Morgan fingerprint density at radius 3 is 2.16 bits per heavy atom. The largest absolute Gasteiger partial charge is 0.396 e. The molecule has 5 saturated carbocycles. The van der Waals surface area contributed by atoms with Crippen LogP contribution >= 0.6 is 0 Å². The number of aliphatic hydroxyl groups excluding tert-OH is 5. The summed E-state index contributed by atoms with van der Waals surface area (Å²) < 4.78 is 18.8. The van der Waals surface area contributed by atoms with Gasteiger partial charge < -0.3 is 44.8 Å². The van der Waals surface area contributed by atoms with Crippen LogP contribution in [0.5, 0.6) is 0 Å². The highest BCUT2D eigenvalue weighted by atomic mass is 16.7. The second-order valence-corrected chi connectivity index (χ2v) is 18.0. The highest BCUT2D eigenvalue weighted by Crippen LogP contribution is 2.89. The molecular weight excluding hydrogens is 564 g/mol. The Balaban J connectivity index is 1.15. The summed E-state index contributed by atoms with van der Waals surface area (Å²) in [5.74, 6) is 0.672. The van der Waals surface area contributed by atoms with E-state index in [1.54, 1.807) is 13.8 Å². The fraction of sp³-hybridized carbons (Fsp3) is 1.00. The van der Waals surface area contributed by atoms with Crippen LogP contribution in [0.3, 0.4) is 0 Å². The van der Waals surface area contributed by atoms with Gasteiger partial charge in [0.1, 0.15) is 18.3 Å². The molecule has 0 aromatic carbocycles. The Hall–Kier alpha value is -0.360. The average molecular weight is 623 g/mol. The Morgan fingerprint density at radius 2 is 1.50 bits per heavy atom. The van der Waals surface area contributed by atoms with E-state index in [4.69, 9.17) is 14.2 Å². The van der Waals surface area contributed by atoms with Crippen molar-refractivity contribution in [3.05, 3.63) is 0 Å². The van der Waals surface area contributed by atoms with Gasteiger partial charge in [-0.3, -0.25) is 0 Å². The zero-order valence-corrected chi connectivity index (χ0v) is 27.7. The van der Waals surface area contributed by atoms with Crippen LogP contribution in [0.25, 0.3) is 0 Å². The summed E-state index contributed by atoms with van der Waals surface area (Å²) in [4.78, 5) is 0. The van der Waals surface area contributed by atoms with E-state index in [1.807, 2.05) is 0 Å². The van der Waals surface area contributed by atoms with Crippen molar-refractivity contribution in [2.24, 2.45) is 44.8 Å². The van der Waals surface area contributed by atoms with Gasteiger partial charge in [-0.25, -0.2) is 0 Å². The molecule has 0 amide bonds. The zero-order chi connectivity index (χ0) is 31.9. The van der Waals surface area contributed by atoms with Gasteiger partial charge in [-0.05, 0) is 118 Å². The molecule has 0 radical (unpaired) electrons. The van der Waals surface area contributed by atoms with Crippen LogP contribution in [0.4, 0.5) is 0 Å². The smallest absolute Gasteiger partial charge is 0.186 e. The number of hydrogen-bond acceptors (Lipinski definition) is 9. The minimum absolute atomic E-state index is 0.0477. The lowest BCUT2D eigenvalue weighted by Crippen LogP contribution is -2.62. The van der Waals surface area contributed by atoms with Crippen LogP contribution in [0.1, 0.15) is 106 Å². The van der Waals surface area contributed by atoms with Crippen LogP contribution in [-0.2, 0) is 14.2 Å². The Labute approximate surface area is 262 Å². The summed E-state index contributed by atoms with van der Waals surface area (Å²) in [5, 5.41) is 64.8. The van der Waals surface area contributed by atoms with E-state index in [0.717, 1.165) is 51.4 Å². The molecule has 44 heavy (non-hydrogen) atoms. The van der Waals surface area contributed by atoms with Crippen LogP contribution in [-0.4, -0.2) is 98.0 Å².